The molecule has 2 heteroatoms. The van der Waals surface area contributed by atoms with Crippen LogP contribution in [0.25, 0.3) is 0 Å². The molecule has 0 N–H and O–H groups in total. The van der Waals surface area contributed by atoms with E-state index < -0.39 is 0 Å². The normalized spacial score (nSPS) is 14.9. The Labute approximate surface area is 104 Å². The predicted octanol–water partition coefficient (Wildman–Crippen LogP) is 3.39. The summed E-state index contributed by atoms with van der Waals surface area (Å²) >= 11 is 0. The SMILES string of the molecule is CCC(/C=C/C=C/C=C/C=C/C=C/C=O)OC. The topological polar surface area (TPSA) is 26.3 Å². The Morgan fingerprint density at radius 3 is 1.76 bits per heavy atom. The molecule has 0 fully saturated rings. The predicted molar refractivity (Wildman–Crippen MR) is 72.9 cm³/mol. The highest BCUT2D eigenvalue weighted by atomic mass is 16.5. The molecular weight excluding hydrogens is 212 g/mol. The number of hydrogen-bond acceptors (Lipinski definition) is 2. The van der Waals surface area contributed by atoms with E-state index in [2.05, 4.69) is 6.92 Å². The fourth-order valence-electron chi connectivity index (χ4n) is 1.06. The van der Waals surface area contributed by atoms with Gasteiger partial charge in [-0.05, 0) is 12.5 Å². The van der Waals surface area contributed by atoms with Crippen molar-refractivity contribution in [3.8, 4) is 0 Å². The van der Waals surface area contributed by atoms with Gasteiger partial charge in [0.2, 0.25) is 0 Å². The number of aldehydes is 1. The number of methoxy groups -OCH3 is 1. The monoisotopic (exact) mass is 232 g/mol. The quantitative estimate of drug-likeness (QED) is 0.364. The molecule has 0 heterocycles. The molecule has 0 aromatic heterocycles. The maximum absolute atomic E-state index is 9.95. The van der Waals surface area contributed by atoms with Crippen LogP contribution in [0.4, 0.5) is 0 Å². The van der Waals surface area contributed by atoms with Crippen LogP contribution >= 0.6 is 0 Å². The van der Waals surface area contributed by atoms with Gasteiger partial charge in [0.05, 0.1) is 6.10 Å². The van der Waals surface area contributed by atoms with Crippen LogP contribution in [0.1, 0.15) is 13.3 Å². The molecule has 0 aliphatic carbocycles. The second kappa shape index (κ2) is 12.4. The molecule has 0 aliphatic heterocycles. The fraction of sp³-hybridized carbons (Fsp3) is 0.267. The van der Waals surface area contributed by atoms with Gasteiger partial charge in [0, 0.05) is 7.11 Å². The van der Waals surface area contributed by atoms with E-state index in [1.807, 2.05) is 42.5 Å². The molecule has 0 bridgehead atoms. The molecule has 92 valence electrons. The standard InChI is InChI=1S/C15H20O2/c1-3-15(17-2)13-11-9-7-5-4-6-8-10-12-14-16/h4-15H,3H2,1-2H3/b5-4+,8-6+,9-7+,12-10+,13-11+. The minimum atomic E-state index is 0.192. The highest BCUT2D eigenvalue weighted by Crippen LogP contribution is 1.97. The number of carbonyl (C=O) groups is 1. The zero-order chi connectivity index (χ0) is 12.8. The Balaban J connectivity index is 3.87. The molecule has 0 spiro atoms. The second-order valence-corrected chi connectivity index (χ2v) is 3.24. The van der Waals surface area contributed by atoms with E-state index >= 15 is 0 Å². The third kappa shape index (κ3) is 10.6. The smallest absolute Gasteiger partial charge is 0.142 e. The van der Waals surface area contributed by atoms with E-state index in [1.54, 1.807) is 19.3 Å². The Morgan fingerprint density at radius 2 is 1.35 bits per heavy atom. The molecule has 0 radical (unpaired) electrons. The van der Waals surface area contributed by atoms with Crippen molar-refractivity contribution >= 4 is 6.29 Å². The lowest BCUT2D eigenvalue weighted by Crippen LogP contribution is -2.03. The molecule has 0 amide bonds. The molecule has 0 aliphatic rings. The van der Waals surface area contributed by atoms with Gasteiger partial charge in [0.25, 0.3) is 0 Å². The molecule has 1 atom stereocenters. The van der Waals surface area contributed by atoms with Gasteiger partial charge in [0.15, 0.2) is 0 Å². The summed E-state index contributed by atoms with van der Waals surface area (Å²) in [5.41, 5.74) is 0. The van der Waals surface area contributed by atoms with Crippen LogP contribution in [0.5, 0.6) is 0 Å². The minimum absolute atomic E-state index is 0.192. The third-order valence-corrected chi connectivity index (χ3v) is 2.00. The van der Waals surface area contributed by atoms with Crippen molar-refractivity contribution in [3.63, 3.8) is 0 Å². The van der Waals surface area contributed by atoms with E-state index in [-0.39, 0.29) is 6.10 Å². The maximum atomic E-state index is 9.95. The average Bonchev–Trinajstić information content (AvgIpc) is 2.36. The van der Waals surface area contributed by atoms with E-state index in [0.29, 0.717) is 0 Å². The molecular formula is C15H20O2. The number of carbonyl (C=O) groups excluding carboxylic acids is 1. The highest BCUT2D eigenvalue weighted by molar-refractivity contribution is 5.65. The lowest BCUT2D eigenvalue weighted by atomic mass is 10.2. The zero-order valence-electron chi connectivity index (χ0n) is 10.5. The molecule has 17 heavy (non-hydrogen) atoms. The van der Waals surface area contributed by atoms with Gasteiger partial charge < -0.3 is 4.74 Å². The van der Waals surface area contributed by atoms with Crippen LogP contribution in [0.3, 0.4) is 0 Å². The Hall–Kier alpha value is -1.67. The molecule has 2 nitrogen and oxygen atoms in total. The minimum Gasteiger partial charge on any atom is -0.377 e. The maximum Gasteiger partial charge on any atom is 0.142 e. The lowest BCUT2D eigenvalue weighted by Gasteiger charge is -2.04. The first-order valence-electron chi connectivity index (χ1n) is 5.66. The first-order valence-corrected chi connectivity index (χ1v) is 5.66. The fourth-order valence-corrected chi connectivity index (χ4v) is 1.06. The van der Waals surface area contributed by atoms with Crippen molar-refractivity contribution in [1.82, 2.24) is 0 Å². The third-order valence-electron chi connectivity index (χ3n) is 2.00. The summed E-state index contributed by atoms with van der Waals surface area (Å²) in [6.07, 6.45) is 20.4. The summed E-state index contributed by atoms with van der Waals surface area (Å²) in [7, 11) is 1.71. The zero-order valence-corrected chi connectivity index (χ0v) is 10.5. The summed E-state index contributed by atoms with van der Waals surface area (Å²) in [5.74, 6) is 0. The largest absolute Gasteiger partial charge is 0.377 e. The van der Waals surface area contributed by atoms with Crippen LogP contribution in [0, 0.1) is 0 Å². The van der Waals surface area contributed by atoms with Crippen molar-refractivity contribution in [2.24, 2.45) is 0 Å². The number of allylic oxidation sites excluding steroid dienone is 9. The van der Waals surface area contributed by atoms with Gasteiger partial charge in [0.1, 0.15) is 6.29 Å². The van der Waals surface area contributed by atoms with Crippen molar-refractivity contribution in [2.75, 3.05) is 7.11 Å². The number of hydrogen-bond donors (Lipinski definition) is 0. The van der Waals surface area contributed by atoms with Crippen molar-refractivity contribution < 1.29 is 9.53 Å². The van der Waals surface area contributed by atoms with Crippen LogP contribution in [0.2, 0.25) is 0 Å². The van der Waals surface area contributed by atoms with Crippen LogP contribution < -0.4 is 0 Å². The number of rotatable bonds is 8. The van der Waals surface area contributed by atoms with Gasteiger partial charge in [-0.15, -0.1) is 0 Å². The lowest BCUT2D eigenvalue weighted by molar-refractivity contribution is -0.104. The van der Waals surface area contributed by atoms with E-state index in [0.717, 1.165) is 12.7 Å². The van der Waals surface area contributed by atoms with E-state index in [9.17, 15) is 4.79 Å². The van der Waals surface area contributed by atoms with Crippen LogP contribution in [0.15, 0.2) is 60.8 Å². The van der Waals surface area contributed by atoms with E-state index in [4.69, 9.17) is 4.74 Å². The first-order chi connectivity index (χ1) is 8.35. The van der Waals surface area contributed by atoms with Gasteiger partial charge >= 0.3 is 0 Å². The molecule has 0 aromatic carbocycles. The van der Waals surface area contributed by atoms with Crippen molar-refractivity contribution in [3.05, 3.63) is 60.8 Å². The molecule has 0 rings (SSSR count). The van der Waals surface area contributed by atoms with Crippen LogP contribution in [-0.2, 0) is 9.53 Å². The Bertz CT molecular complexity index is 316. The summed E-state index contributed by atoms with van der Waals surface area (Å²) < 4.78 is 5.20. The molecule has 1 unspecified atom stereocenters. The summed E-state index contributed by atoms with van der Waals surface area (Å²) in [6, 6.07) is 0. The van der Waals surface area contributed by atoms with Gasteiger partial charge in [-0.2, -0.15) is 0 Å². The molecule has 0 saturated heterocycles. The van der Waals surface area contributed by atoms with Gasteiger partial charge in [-0.3, -0.25) is 4.79 Å². The Kier molecular flexibility index (Phi) is 11.2. The summed E-state index contributed by atoms with van der Waals surface area (Å²) in [5, 5.41) is 0. The van der Waals surface area contributed by atoms with Crippen molar-refractivity contribution in [1.29, 1.82) is 0 Å². The van der Waals surface area contributed by atoms with Gasteiger partial charge in [-0.1, -0.05) is 61.6 Å². The second-order valence-electron chi connectivity index (χ2n) is 3.24. The first kappa shape index (κ1) is 15.3. The van der Waals surface area contributed by atoms with Gasteiger partial charge in [-0.25, -0.2) is 0 Å². The summed E-state index contributed by atoms with van der Waals surface area (Å²) in [4.78, 5) is 9.95. The molecule has 0 saturated carbocycles. The highest BCUT2D eigenvalue weighted by Gasteiger charge is 1.94. The van der Waals surface area contributed by atoms with E-state index in [1.165, 1.54) is 6.08 Å². The van der Waals surface area contributed by atoms with Crippen molar-refractivity contribution in [2.45, 2.75) is 19.4 Å². The Morgan fingerprint density at radius 1 is 0.882 bits per heavy atom. The average molecular weight is 232 g/mol. The number of ether oxygens (including phenoxy) is 1. The molecule has 0 aromatic rings. The summed E-state index contributed by atoms with van der Waals surface area (Å²) in [6.45, 7) is 2.08. The van der Waals surface area contributed by atoms with Crippen LogP contribution in [-0.4, -0.2) is 19.5 Å².